The molecule has 10 aromatic rings. The predicted octanol–water partition coefficient (Wildman–Crippen LogP) is 16.5. The topological polar surface area (TPSA) is 264 Å². The van der Waals surface area contributed by atoms with Crippen molar-refractivity contribution in [1.29, 1.82) is 0 Å². The van der Waals surface area contributed by atoms with Gasteiger partial charge in [0.2, 0.25) is 5.91 Å². The lowest BCUT2D eigenvalue weighted by Crippen LogP contribution is -2.21. The number of hydrogen-bond acceptors (Lipinski definition) is 12. The fourth-order valence-electron chi connectivity index (χ4n) is 8.90. The van der Waals surface area contributed by atoms with Crippen molar-refractivity contribution in [2.24, 2.45) is 5.92 Å². The van der Waals surface area contributed by atoms with Gasteiger partial charge in [-0.1, -0.05) is 157 Å². The molecule has 4 heterocycles. The maximum absolute atomic E-state index is 13.3. The molecule has 0 spiro atoms. The summed E-state index contributed by atoms with van der Waals surface area (Å²) in [7, 11) is 1.36. The van der Waals surface area contributed by atoms with Gasteiger partial charge in [-0.3, -0.25) is 15.4 Å². The summed E-state index contributed by atoms with van der Waals surface area (Å²) in [4.78, 5) is 56.7. The number of carboxylic acid groups (broad SMARTS) is 1. The third-order valence-electron chi connectivity index (χ3n) is 14.2. The summed E-state index contributed by atoms with van der Waals surface area (Å²) >= 11 is 5.08. The first-order chi connectivity index (χ1) is 44.6. The smallest absolute Gasteiger partial charge is 0.332 e. The van der Waals surface area contributed by atoms with E-state index in [1.54, 1.807) is 40.8 Å². The Balaban J connectivity index is 0.000000231. The van der Waals surface area contributed by atoms with Gasteiger partial charge in [-0.2, -0.15) is 10.2 Å². The molecule has 8 N–H and O–H groups in total. The molecule has 4 aromatic heterocycles. The SMILES string of the molecule is C=C(C)Cl.CO[C@H](C)C(=O)O.Cc1ccc(-n2nc(C(C)(C)C)cc2NC(=O)Nc2ccc(OCc3ccnc(N)c3)c3ccccc23)cc1.Cc1ccc(-n2nc(C(C)(C)C)cc2NC(=O)Nc2ccc(OCc3ccnc(NC(=O)C(C)C)c3)c3ccccc23)cc1. The maximum atomic E-state index is 13.3. The largest absolute Gasteiger partial charge is 0.488 e. The molecule has 0 aliphatic rings. The number of rotatable bonds is 16. The van der Waals surface area contributed by atoms with Gasteiger partial charge in [-0.15, -0.1) is 0 Å². The average Bonchev–Trinajstić information content (AvgIpc) is 0.891. The molecule has 490 valence electrons. The van der Waals surface area contributed by atoms with Crippen molar-refractivity contribution in [3.8, 4) is 22.9 Å². The number of anilines is 6. The second-order valence-electron chi connectivity index (χ2n) is 24.5. The molecule has 0 radical (unpaired) electrons. The zero-order chi connectivity index (χ0) is 68.4. The third kappa shape index (κ3) is 20.2. The summed E-state index contributed by atoms with van der Waals surface area (Å²) < 4.78 is 20.2. The molecule has 6 aromatic carbocycles. The summed E-state index contributed by atoms with van der Waals surface area (Å²) in [6.45, 7) is 27.5. The molecular formula is C73H83ClN12O8. The van der Waals surface area contributed by atoms with Crippen molar-refractivity contribution in [2.75, 3.05) is 39.4 Å². The Hall–Kier alpha value is -10.6. The van der Waals surface area contributed by atoms with Crippen LogP contribution in [-0.4, -0.2) is 71.8 Å². The number of aromatic nitrogens is 6. The van der Waals surface area contributed by atoms with Crippen molar-refractivity contribution in [3.05, 3.63) is 215 Å². The number of amides is 5. The van der Waals surface area contributed by atoms with E-state index in [0.717, 1.165) is 66.6 Å². The van der Waals surface area contributed by atoms with E-state index in [9.17, 15) is 19.2 Å². The number of benzene rings is 6. The highest BCUT2D eigenvalue weighted by molar-refractivity contribution is 6.28. The fraction of sp³-hybridized carbons (Fsp3) is 0.260. The molecule has 0 fully saturated rings. The number of allylic oxidation sites excluding steroid dienone is 1. The van der Waals surface area contributed by atoms with E-state index in [0.29, 0.717) is 57.8 Å². The van der Waals surface area contributed by atoms with Crippen LogP contribution in [0.1, 0.15) is 103 Å². The number of methoxy groups -OCH3 is 1. The highest BCUT2D eigenvalue weighted by atomic mass is 35.5. The monoisotopic (exact) mass is 1290 g/mol. The Labute approximate surface area is 553 Å². The van der Waals surface area contributed by atoms with E-state index in [-0.39, 0.29) is 41.3 Å². The standard InChI is InChI=1S/C35H38N6O3.C31H32N6O2.C4H8O3.C3H5Cl/c1-22(2)33(42)38-31-19-24(17-18-36-31)21-44-29-16-15-28(26-9-7-8-10-27(26)29)37-34(43)39-32-20-30(35(4,5)6)40-41(32)25-13-11-23(3)12-14-25;1-20-9-11-22(12-10-20)37-29(18-27(36-37)31(2,3)4)35-30(38)34-25-13-14-26(24-8-6-5-7-23(24)25)39-19-21-15-16-33-28(32)17-21;1-3(7-2)4(5)6;1-3(2)4/h7-20,22H,21H2,1-6H3,(H,36,38,42)(H2,37,39,43);5-18H,19H2,1-4H3,(H2,32,33)(H2,34,35,38);3H,1-2H3,(H,5,6);1H2,2H3/t;;3-;/m..1./s1. The van der Waals surface area contributed by atoms with Crippen LogP contribution in [0, 0.1) is 19.8 Å². The lowest BCUT2D eigenvalue weighted by Gasteiger charge is -2.15. The number of ether oxygens (including phenoxy) is 3. The number of carbonyl (C=O) groups excluding carboxylic acids is 3. The summed E-state index contributed by atoms with van der Waals surface area (Å²) in [5.41, 5.74) is 14.3. The van der Waals surface area contributed by atoms with Gasteiger partial charge in [-0.05, 0) is 112 Å². The summed E-state index contributed by atoms with van der Waals surface area (Å²) in [6, 6.07) is 49.3. The van der Waals surface area contributed by atoms with E-state index >= 15 is 0 Å². The molecular weight excluding hydrogens is 1210 g/mol. The number of nitrogens with two attached hydrogens (primary N) is 1. The van der Waals surface area contributed by atoms with Crippen molar-refractivity contribution < 1.29 is 38.5 Å². The molecule has 0 saturated heterocycles. The summed E-state index contributed by atoms with van der Waals surface area (Å²) in [5, 5.41) is 36.6. The predicted molar refractivity (Wildman–Crippen MR) is 377 cm³/mol. The second-order valence-corrected chi connectivity index (χ2v) is 25.2. The van der Waals surface area contributed by atoms with Crippen LogP contribution in [0.15, 0.2) is 182 Å². The molecule has 5 amide bonds. The Morgan fingerprint density at radius 3 is 1.35 bits per heavy atom. The van der Waals surface area contributed by atoms with Crippen LogP contribution in [-0.2, 0) is 38.4 Å². The molecule has 0 aliphatic heterocycles. The van der Waals surface area contributed by atoms with E-state index in [2.05, 4.69) is 89.4 Å². The van der Waals surface area contributed by atoms with Crippen LogP contribution in [0.5, 0.6) is 11.5 Å². The Bertz CT molecular complexity index is 4260. The number of aryl methyl sites for hydroxylation is 2. The Morgan fingerprint density at radius 2 is 0.979 bits per heavy atom. The number of halogens is 1. The van der Waals surface area contributed by atoms with Crippen LogP contribution < -0.4 is 41.8 Å². The zero-order valence-corrected chi connectivity index (χ0v) is 56.1. The first kappa shape index (κ1) is 70.9. The molecule has 21 heteroatoms. The molecule has 20 nitrogen and oxygen atoms in total. The van der Waals surface area contributed by atoms with Gasteiger partial charge in [0.1, 0.15) is 48.0 Å². The first-order valence-corrected chi connectivity index (χ1v) is 30.8. The highest BCUT2D eigenvalue weighted by Gasteiger charge is 2.24. The van der Waals surface area contributed by atoms with Crippen LogP contribution in [0.2, 0.25) is 0 Å². The van der Waals surface area contributed by atoms with Gasteiger partial charge in [0, 0.05) is 75.0 Å². The van der Waals surface area contributed by atoms with E-state index < -0.39 is 12.1 Å². The van der Waals surface area contributed by atoms with E-state index in [1.807, 2.05) is 173 Å². The van der Waals surface area contributed by atoms with Crippen LogP contribution in [0.25, 0.3) is 32.9 Å². The minimum Gasteiger partial charge on any atom is -0.488 e. The summed E-state index contributed by atoms with van der Waals surface area (Å²) in [6.07, 6.45) is 2.63. The number of carboxylic acids is 1. The van der Waals surface area contributed by atoms with Gasteiger partial charge in [-0.25, -0.2) is 33.7 Å². The maximum Gasteiger partial charge on any atom is 0.332 e. The van der Waals surface area contributed by atoms with Crippen molar-refractivity contribution in [1.82, 2.24) is 29.5 Å². The van der Waals surface area contributed by atoms with Gasteiger partial charge < -0.3 is 41.0 Å². The minimum atomic E-state index is -0.928. The molecule has 10 rings (SSSR count). The third-order valence-corrected chi connectivity index (χ3v) is 14.2. The van der Waals surface area contributed by atoms with Crippen molar-refractivity contribution >= 4 is 91.7 Å². The van der Waals surface area contributed by atoms with Crippen molar-refractivity contribution in [2.45, 2.75) is 113 Å². The first-order valence-electron chi connectivity index (χ1n) is 30.4. The molecule has 0 saturated carbocycles. The van der Waals surface area contributed by atoms with Gasteiger partial charge in [0.25, 0.3) is 0 Å². The van der Waals surface area contributed by atoms with Gasteiger partial charge in [0.05, 0.1) is 34.1 Å². The number of fused-ring (bicyclic) bond motifs is 2. The molecule has 1 atom stereocenters. The quantitative estimate of drug-likeness (QED) is 0.0475. The molecule has 94 heavy (non-hydrogen) atoms. The van der Waals surface area contributed by atoms with Gasteiger partial charge in [0.15, 0.2) is 6.10 Å². The number of carbonyl (C=O) groups is 4. The Morgan fingerprint density at radius 1 is 0.574 bits per heavy atom. The van der Waals surface area contributed by atoms with Crippen molar-refractivity contribution in [3.63, 3.8) is 0 Å². The number of pyridine rings is 2. The van der Waals surface area contributed by atoms with E-state index in [4.69, 9.17) is 42.1 Å². The number of aliphatic carboxylic acids is 1. The second kappa shape index (κ2) is 32.1. The number of hydrogen-bond donors (Lipinski definition) is 7. The molecule has 0 aliphatic carbocycles. The molecule has 0 unspecified atom stereocenters. The Kier molecular flexibility index (Phi) is 24.2. The fourth-order valence-corrected chi connectivity index (χ4v) is 8.90. The molecule has 0 bridgehead atoms. The van der Waals surface area contributed by atoms with Crippen LogP contribution in [0.3, 0.4) is 0 Å². The van der Waals surface area contributed by atoms with Crippen LogP contribution in [0.4, 0.5) is 44.2 Å². The van der Waals surface area contributed by atoms with Crippen LogP contribution >= 0.6 is 11.6 Å². The summed E-state index contributed by atoms with van der Waals surface area (Å²) in [5.74, 6) is 2.30. The number of nitrogens with one attached hydrogen (secondary N) is 5. The zero-order valence-electron chi connectivity index (χ0n) is 55.4. The van der Waals surface area contributed by atoms with E-state index in [1.165, 1.54) is 14.0 Å². The highest BCUT2D eigenvalue weighted by Crippen LogP contribution is 2.35. The van der Waals surface area contributed by atoms with Gasteiger partial charge >= 0.3 is 18.0 Å². The average molecular weight is 1290 g/mol. The lowest BCUT2D eigenvalue weighted by molar-refractivity contribution is -0.147. The lowest BCUT2D eigenvalue weighted by atomic mass is 9.92. The number of urea groups is 2. The minimum absolute atomic E-state index is 0.0945. The number of nitrogens with zero attached hydrogens (tertiary/aromatic N) is 6. The normalized spacial score (nSPS) is 11.4. The number of nitrogen functional groups attached to an aromatic ring is 1.